The number of nitrogens with zero attached hydrogens (tertiary/aromatic N) is 2. The summed E-state index contributed by atoms with van der Waals surface area (Å²) in [6.07, 6.45) is 5.19. The van der Waals surface area contributed by atoms with Crippen LogP contribution in [0.3, 0.4) is 0 Å². The van der Waals surface area contributed by atoms with Crippen molar-refractivity contribution in [2.75, 3.05) is 0 Å². The Hall–Kier alpha value is -2.13. The van der Waals surface area contributed by atoms with Crippen molar-refractivity contribution < 1.29 is 0 Å². The molecule has 0 spiro atoms. The largest absolute Gasteiger partial charge is 0.307 e. The van der Waals surface area contributed by atoms with Gasteiger partial charge in [-0.05, 0) is 36.6 Å². The standard InChI is InChI=1S/C18H21N3/c1-3-15-7-9-16(10-8-15)14(2)19-12-17-13-21-11-5-4-6-18(21)20-17/h4-11,13-14,19H,3,12H2,1-2H3. The predicted molar refractivity (Wildman–Crippen MR) is 86.3 cm³/mol. The van der Waals surface area contributed by atoms with Crippen molar-refractivity contribution >= 4 is 5.65 Å². The maximum Gasteiger partial charge on any atom is 0.137 e. The van der Waals surface area contributed by atoms with Gasteiger partial charge in [-0.15, -0.1) is 0 Å². The molecule has 3 aromatic rings. The number of aryl methyl sites for hydroxylation is 1. The molecule has 21 heavy (non-hydrogen) atoms. The third-order valence-corrected chi connectivity index (χ3v) is 3.89. The monoisotopic (exact) mass is 279 g/mol. The first-order valence-electron chi connectivity index (χ1n) is 7.51. The third kappa shape index (κ3) is 3.14. The first kappa shape index (κ1) is 13.8. The SMILES string of the molecule is CCc1ccc(C(C)NCc2cn3ccccc3n2)cc1. The second-order valence-electron chi connectivity index (χ2n) is 5.40. The summed E-state index contributed by atoms with van der Waals surface area (Å²) >= 11 is 0. The zero-order valence-corrected chi connectivity index (χ0v) is 12.6. The van der Waals surface area contributed by atoms with Crippen molar-refractivity contribution in [1.82, 2.24) is 14.7 Å². The van der Waals surface area contributed by atoms with Crippen LogP contribution in [-0.2, 0) is 13.0 Å². The minimum absolute atomic E-state index is 0.320. The maximum absolute atomic E-state index is 4.61. The molecule has 1 N–H and O–H groups in total. The molecule has 0 saturated carbocycles. The van der Waals surface area contributed by atoms with E-state index in [9.17, 15) is 0 Å². The molecule has 0 amide bonds. The summed E-state index contributed by atoms with van der Waals surface area (Å²) in [7, 11) is 0. The molecule has 2 aromatic heterocycles. The van der Waals surface area contributed by atoms with Gasteiger partial charge in [0.1, 0.15) is 5.65 Å². The van der Waals surface area contributed by atoms with Gasteiger partial charge in [-0.1, -0.05) is 37.3 Å². The number of benzene rings is 1. The van der Waals surface area contributed by atoms with Crippen LogP contribution in [0.25, 0.3) is 5.65 Å². The predicted octanol–water partition coefficient (Wildman–Crippen LogP) is 3.75. The molecule has 0 aliphatic heterocycles. The van der Waals surface area contributed by atoms with E-state index in [1.165, 1.54) is 11.1 Å². The van der Waals surface area contributed by atoms with E-state index < -0.39 is 0 Å². The highest BCUT2D eigenvalue weighted by Gasteiger charge is 2.06. The van der Waals surface area contributed by atoms with Gasteiger partial charge in [-0.3, -0.25) is 0 Å². The smallest absolute Gasteiger partial charge is 0.137 e. The second-order valence-corrected chi connectivity index (χ2v) is 5.40. The minimum atomic E-state index is 0.320. The number of imidazole rings is 1. The number of pyridine rings is 1. The molecule has 108 valence electrons. The summed E-state index contributed by atoms with van der Waals surface area (Å²) < 4.78 is 2.05. The van der Waals surface area contributed by atoms with Crippen LogP contribution in [0.4, 0.5) is 0 Å². The van der Waals surface area contributed by atoms with Crippen LogP contribution in [0.2, 0.25) is 0 Å². The number of fused-ring (bicyclic) bond motifs is 1. The second kappa shape index (κ2) is 6.10. The first-order chi connectivity index (χ1) is 10.3. The Kier molecular flexibility index (Phi) is 4.02. The van der Waals surface area contributed by atoms with Gasteiger partial charge in [0.2, 0.25) is 0 Å². The first-order valence-corrected chi connectivity index (χ1v) is 7.51. The fourth-order valence-corrected chi connectivity index (χ4v) is 2.49. The quantitative estimate of drug-likeness (QED) is 0.770. The van der Waals surface area contributed by atoms with E-state index in [2.05, 4.69) is 59.0 Å². The van der Waals surface area contributed by atoms with Crippen LogP contribution >= 0.6 is 0 Å². The molecule has 0 aliphatic rings. The highest BCUT2D eigenvalue weighted by molar-refractivity contribution is 5.39. The van der Waals surface area contributed by atoms with Crippen molar-refractivity contribution in [1.29, 1.82) is 0 Å². The van der Waals surface area contributed by atoms with Gasteiger partial charge in [0.25, 0.3) is 0 Å². The lowest BCUT2D eigenvalue weighted by Crippen LogP contribution is -2.18. The topological polar surface area (TPSA) is 29.3 Å². The van der Waals surface area contributed by atoms with Crippen molar-refractivity contribution in [2.24, 2.45) is 0 Å². The van der Waals surface area contributed by atoms with Crippen molar-refractivity contribution in [3.63, 3.8) is 0 Å². The Balaban J connectivity index is 1.65. The summed E-state index contributed by atoms with van der Waals surface area (Å²) in [6, 6.07) is 15.2. The normalized spacial score (nSPS) is 12.7. The number of rotatable bonds is 5. The summed E-state index contributed by atoms with van der Waals surface area (Å²) in [6.45, 7) is 5.15. The summed E-state index contributed by atoms with van der Waals surface area (Å²) in [5, 5.41) is 3.54. The highest BCUT2D eigenvalue weighted by Crippen LogP contribution is 2.14. The molecule has 0 radical (unpaired) electrons. The third-order valence-electron chi connectivity index (χ3n) is 3.89. The van der Waals surface area contributed by atoms with Gasteiger partial charge in [0.15, 0.2) is 0 Å². The van der Waals surface area contributed by atoms with Gasteiger partial charge in [-0.2, -0.15) is 0 Å². The molecule has 3 nitrogen and oxygen atoms in total. The van der Waals surface area contributed by atoms with Crippen LogP contribution in [0, 0.1) is 0 Å². The van der Waals surface area contributed by atoms with Crippen LogP contribution in [0.15, 0.2) is 54.9 Å². The van der Waals surface area contributed by atoms with Gasteiger partial charge in [0.05, 0.1) is 5.69 Å². The van der Waals surface area contributed by atoms with Crippen LogP contribution in [0.5, 0.6) is 0 Å². The molecule has 1 aromatic carbocycles. The van der Waals surface area contributed by atoms with Gasteiger partial charge >= 0.3 is 0 Å². The van der Waals surface area contributed by atoms with Crippen molar-refractivity contribution in [3.05, 3.63) is 71.7 Å². The lowest BCUT2D eigenvalue weighted by Gasteiger charge is -2.13. The number of nitrogens with one attached hydrogen (secondary N) is 1. The Bertz CT molecular complexity index is 680. The highest BCUT2D eigenvalue weighted by atomic mass is 15.0. The van der Waals surface area contributed by atoms with E-state index >= 15 is 0 Å². The number of hydrogen-bond donors (Lipinski definition) is 1. The van der Waals surface area contributed by atoms with E-state index in [0.717, 1.165) is 24.3 Å². The summed E-state index contributed by atoms with van der Waals surface area (Å²) in [5.74, 6) is 0. The fraction of sp³-hybridized carbons (Fsp3) is 0.278. The van der Waals surface area contributed by atoms with E-state index in [0.29, 0.717) is 6.04 Å². The lowest BCUT2D eigenvalue weighted by molar-refractivity contribution is 0.569. The van der Waals surface area contributed by atoms with Gasteiger partial charge in [0, 0.05) is 25.0 Å². The van der Waals surface area contributed by atoms with Crippen LogP contribution in [0.1, 0.15) is 36.7 Å². The maximum atomic E-state index is 4.61. The van der Waals surface area contributed by atoms with Gasteiger partial charge in [-0.25, -0.2) is 4.98 Å². The Labute approximate surface area is 125 Å². The van der Waals surface area contributed by atoms with E-state index in [-0.39, 0.29) is 0 Å². The van der Waals surface area contributed by atoms with Crippen molar-refractivity contribution in [3.8, 4) is 0 Å². The molecular weight excluding hydrogens is 258 g/mol. The average Bonchev–Trinajstić information content (AvgIpc) is 2.95. The molecule has 2 heterocycles. The molecule has 0 bridgehead atoms. The zero-order valence-electron chi connectivity index (χ0n) is 12.6. The Morgan fingerprint density at radius 1 is 1.14 bits per heavy atom. The summed E-state index contributed by atoms with van der Waals surface area (Å²) in [5.41, 5.74) is 4.76. The fourth-order valence-electron chi connectivity index (χ4n) is 2.49. The van der Waals surface area contributed by atoms with Gasteiger partial charge < -0.3 is 9.72 Å². The molecule has 3 rings (SSSR count). The van der Waals surface area contributed by atoms with E-state index in [1.54, 1.807) is 0 Å². The zero-order chi connectivity index (χ0) is 14.7. The van der Waals surface area contributed by atoms with E-state index in [1.807, 2.05) is 24.4 Å². The molecule has 0 saturated heterocycles. The van der Waals surface area contributed by atoms with Crippen LogP contribution < -0.4 is 5.32 Å². The van der Waals surface area contributed by atoms with Crippen LogP contribution in [-0.4, -0.2) is 9.38 Å². The lowest BCUT2D eigenvalue weighted by atomic mass is 10.1. The minimum Gasteiger partial charge on any atom is -0.307 e. The molecular formula is C18H21N3. The Morgan fingerprint density at radius 2 is 1.95 bits per heavy atom. The molecule has 3 heteroatoms. The molecule has 0 fully saturated rings. The molecule has 1 unspecified atom stereocenters. The number of aromatic nitrogens is 2. The average molecular weight is 279 g/mol. The Morgan fingerprint density at radius 3 is 2.67 bits per heavy atom. The number of hydrogen-bond acceptors (Lipinski definition) is 2. The van der Waals surface area contributed by atoms with E-state index in [4.69, 9.17) is 0 Å². The molecule has 0 aliphatic carbocycles. The van der Waals surface area contributed by atoms with Crippen molar-refractivity contribution in [2.45, 2.75) is 32.9 Å². The molecule has 1 atom stereocenters. The summed E-state index contributed by atoms with van der Waals surface area (Å²) in [4.78, 5) is 4.61.